The number of rotatable bonds is 2. The fourth-order valence-corrected chi connectivity index (χ4v) is 3.66. The van der Waals surface area contributed by atoms with Crippen LogP contribution in [0.2, 0.25) is 0 Å². The smallest absolute Gasteiger partial charge is 0.254 e. The summed E-state index contributed by atoms with van der Waals surface area (Å²) < 4.78 is 6.54. The Hall–Kier alpha value is -2.14. The molecule has 0 radical (unpaired) electrons. The van der Waals surface area contributed by atoms with Crippen LogP contribution in [0.3, 0.4) is 0 Å². The Balaban J connectivity index is 1.66. The maximum Gasteiger partial charge on any atom is 0.254 e. The first-order valence-electron chi connectivity index (χ1n) is 7.00. The largest absolute Gasteiger partial charge is 0.467 e. The topological polar surface area (TPSA) is 46.3 Å². The number of carbonyl (C=O) groups is 1. The number of nitrogens with zero attached hydrogens (tertiary/aromatic N) is 2. The number of benzene rings is 1. The molecule has 1 fully saturated rings. The van der Waals surface area contributed by atoms with Crippen molar-refractivity contribution in [1.29, 1.82) is 0 Å². The second-order valence-electron chi connectivity index (χ2n) is 5.21. The minimum absolute atomic E-state index is 0.0599. The molecular formula is C16H14N2O2S. The predicted octanol–water partition coefficient (Wildman–Crippen LogP) is 3.87. The van der Waals surface area contributed by atoms with Gasteiger partial charge < -0.3 is 9.32 Å². The van der Waals surface area contributed by atoms with Crippen LogP contribution in [0.25, 0.3) is 10.2 Å². The summed E-state index contributed by atoms with van der Waals surface area (Å²) in [5.74, 6) is 0.948. The van der Waals surface area contributed by atoms with E-state index in [1.807, 2.05) is 35.2 Å². The minimum Gasteiger partial charge on any atom is -0.467 e. The average molecular weight is 298 g/mol. The molecular weight excluding hydrogens is 284 g/mol. The summed E-state index contributed by atoms with van der Waals surface area (Å²) in [5, 5.41) is 0. The van der Waals surface area contributed by atoms with Crippen molar-refractivity contribution >= 4 is 27.5 Å². The molecule has 1 aliphatic heterocycles. The van der Waals surface area contributed by atoms with Gasteiger partial charge in [0, 0.05) is 12.1 Å². The van der Waals surface area contributed by atoms with E-state index in [0.29, 0.717) is 0 Å². The lowest BCUT2D eigenvalue weighted by Crippen LogP contribution is -2.30. The van der Waals surface area contributed by atoms with Crippen molar-refractivity contribution < 1.29 is 9.21 Å². The van der Waals surface area contributed by atoms with Gasteiger partial charge in [0.15, 0.2) is 0 Å². The molecule has 106 valence electrons. The van der Waals surface area contributed by atoms with Crippen molar-refractivity contribution in [2.24, 2.45) is 0 Å². The Morgan fingerprint density at radius 2 is 2.33 bits per heavy atom. The molecule has 0 N–H and O–H groups in total. The van der Waals surface area contributed by atoms with Crippen LogP contribution in [-0.2, 0) is 0 Å². The number of likely N-dealkylation sites (tertiary alicyclic amines) is 1. The SMILES string of the molecule is O=C(c1ccc2ncsc2c1)N1CCC[C@@H]1c1ccco1. The second-order valence-corrected chi connectivity index (χ2v) is 6.09. The van der Waals surface area contributed by atoms with Crippen LogP contribution in [0.4, 0.5) is 0 Å². The lowest BCUT2D eigenvalue weighted by molar-refractivity contribution is 0.0720. The van der Waals surface area contributed by atoms with Crippen molar-refractivity contribution in [1.82, 2.24) is 9.88 Å². The lowest BCUT2D eigenvalue weighted by Gasteiger charge is -2.23. The normalized spacial score (nSPS) is 18.5. The molecule has 3 aromatic rings. The third kappa shape index (κ3) is 2.14. The molecule has 1 aromatic carbocycles. The highest BCUT2D eigenvalue weighted by Gasteiger charge is 2.32. The summed E-state index contributed by atoms with van der Waals surface area (Å²) in [6, 6.07) is 9.60. The standard InChI is InChI=1S/C16H14N2O2S/c19-16(11-5-6-12-15(9-11)21-10-17-12)18-7-1-3-13(18)14-4-2-8-20-14/h2,4-6,8-10,13H,1,3,7H2/t13-/m1/s1. The molecule has 3 heterocycles. The Bertz CT molecular complexity index is 779. The Morgan fingerprint density at radius 1 is 1.38 bits per heavy atom. The van der Waals surface area contributed by atoms with Crippen LogP contribution < -0.4 is 0 Å². The zero-order valence-electron chi connectivity index (χ0n) is 11.4. The Labute approximate surface area is 126 Å². The van der Waals surface area contributed by atoms with Crippen molar-refractivity contribution in [2.45, 2.75) is 18.9 Å². The molecule has 1 aliphatic rings. The van der Waals surface area contributed by atoms with Crippen molar-refractivity contribution in [3.8, 4) is 0 Å². The monoisotopic (exact) mass is 298 g/mol. The van der Waals surface area contributed by atoms with Gasteiger partial charge in [0.25, 0.3) is 5.91 Å². The Morgan fingerprint density at radius 3 is 3.19 bits per heavy atom. The third-order valence-electron chi connectivity index (χ3n) is 3.96. The molecule has 1 atom stereocenters. The molecule has 0 aliphatic carbocycles. The molecule has 5 heteroatoms. The zero-order chi connectivity index (χ0) is 14.2. The highest BCUT2D eigenvalue weighted by atomic mass is 32.1. The average Bonchev–Trinajstić information content (AvgIpc) is 3.24. The molecule has 1 amide bonds. The molecule has 0 saturated carbocycles. The summed E-state index contributed by atoms with van der Waals surface area (Å²) in [7, 11) is 0. The second kappa shape index (κ2) is 5.00. The summed E-state index contributed by atoms with van der Waals surface area (Å²) >= 11 is 1.56. The number of amides is 1. The molecule has 0 spiro atoms. The van der Waals surface area contributed by atoms with Crippen LogP contribution >= 0.6 is 11.3 Å². The fourth-order valence-electron chi connectivity index (χ4n) is 2.94. The first kappa shape index (κ1) is 12.6. The van der Waals surface area contributed by atoms with Gasteiger partial charge in [-0.15, -0.1) is 11.3 Å². The van der Waals surface area contributed by atoms with Gasteiger partial charge in [-0.1, -0.05) is 0 Å². The first-order chi connectivity index (χ1) is 10.3. The van der Waals surface area contributed by atoms with E-state index in [1.165, 1.54) is 0 Å². The van der Waals surface area contributed by atoms with Crippen LogP contribution in [0, 0.1) is 0 Å². The summed E-state index contributed by atoms with van der Waals surface area (Å²) in [4.78, 5) is 19.0. The summed E-state index contributed by atoms with van der Waals surface area (Å²) in [5.41, 5.74) is 3.48. The van der Waals surface area contributed by atoms with E-state index in [4.69, 9.17) is 4.42 Å². The maximum atomic E-state index is 12.8. The number of aromatic nitrogens is 1. The lowest BCUT2D eigenvalue weighted by atomic mass is 10.1. The number of hydrogen-bond acceptors (Lipinski definition) is 4. The molecule has 21 heavy (non-hydrogen) atoms. The van der Waals surface area contributed by atoms with Gasteiger partial charge in [-0.2, -0.15) is 0 Å². The van der Waals surface area contributed by atoms with E-state index in [2.05, 4.69) is 4.98 Å². The molecule has 4 rings (SSSR count). The summed E-state index contributed by atoms with van der Waals surface area (Å²) in [6.45, 7) is 0.783. The Kier molecular flexibility index (Phi) is 3.00. The molecule has 0 unspecified atom stereocenters. The van der Waals surface area contributed by atoms with E-state index in [0.717, 1.165) is 40.9 Å². The van der Waals surface area contributed by atoms with E-state index in [1.54, 1.807) is 23.1 Å². The van der Waals surface area contributed by atoms with E-state index in [9.17, 15) is 4.79 Å². The first-order valence-corrected chi connectivity index (χ1v) is 7.88. The fraction of sp³-hybridized carbons (Fsp3) is 0.250. The number of thiazole rings is 1. The highest BCUT2D eigenvalue weighted by Crippen LogP contribution is 2.33. The number of fused-ring (bicyclic) bond motifs is 1. The van der Waals surface area contributed by atoms with Crippen molar-refractivity contribution in [2.75, 3.05) is 6.54 Å². The van der Waals surface area contributed by atoms with Gasteiger partial charge in [0.05, 0.1) is 28.0 Å². The minimum atomic E-state index is 0.0599. The molecule has 1 saturated heterocycles. The predicted molar refractivity (Wildman–Crippen MR) is 81.3 cm³/mol. The molecule has 4 nitrogen and oxygen atoms in total. The highest BCUT2D eigenvalue weighted by molar-refractivity contribution is 7.16. The number of furan rings is 1. The van der Waals surface area contributed by atoms with Gasteiger partial charge in [-0.05, 0) is 43.2 Å². The molecule has 2 aromatic heterocycles. The van der Waals surface area contributed by atoms with Crippen LogP contribution in [0.5, 0.6) is 0 Å². The van der Waals surface area contributed by atoms with Gasteiger partial charge >= 0.3 is 0 Å². The van der Waals surface area contributed by atoms with E-state index in [-0.39, 0.29) is 11.9 Å². The van der Waals surface area contributed by atoms with Crippen molar-refractivity contribution in [3.05, 3.63) is 53.4 Å². The van der Waals surface area contributed by atoms with Gasteiger partial charge in [-0.25, -0.2) is 4.98 Å². The number of carbonyl (C=O) groups excluding carboxylic acids is 1. The van der Waals surface area contributed by atoms with E-state index < -0.39 is 0 Å². The van der Waals surface area contributed by atoms with Crippen LogP contribution in [-0.4, -0.2) is 22.3 Å². The van der Waals surface area contributed by atoms with Gasteiger partial charge in [0.2, 0.25) is 0 Å². The number of hydrogen-bond donors (Lipinski definition) is 0. The van der Waals surface area contributed by atoms with Crippen LogP contribution in [0.15, 0.2) is 46.5 Å². The summed E-state index contributed by atoms with van der Waals surface area (Å²) in [6.07, 6.45) is 3.64. The van der Waals surface area contributed by atoms with Gasteiger partial charge in [0.1, 0.15) is 5.76 Å². The maximum absolute atomic E-state index is 12.8. The van der Waals surface area contributed by atoms with Gasteiger partial charge in [-0.3, -0.25) is 4.79 Å². The van der Waals surface area contributed by atoms with E-state index >= 15 is 0 Å². The molecule has 0 bridgehead atoms. The zero-order valence-corrected chi connectivity index (χ0v) is 12.2. The van der Waals surface area contributed by atoms with Crippen LogP contribution in [0.1, 0.15) is 35.0 Å². The quantitative estimate of drug-likeness (QED) is 0.721. The van der Waals surface area contributed by atoms with Crippen molar-refractivity contribution in [3.63, 3.8) is 0 Å². The third-order valence-corrected chi connectivity index (χ3v) is 4.76.